The third-order valence-corrected chi connectivity index (χ3v) is 2.64. The van der Waals surface area contributed by atoms with E-state index in [1.807, 2.05) is 0 Å². The lowest BCUT2D eigenvalue weighted by molar-refractivity contribution is -0.119. The Bertz CT molecular complexity index is 412. The van der Waals surface area contributed by atoms with Gasteiger partial charge in [-0.2, -0.15) is 5.26 Å². The van der Waals surface area contributed by atoms with Gasteiger partial charge in [0.1, 0.15) is 0 Å². The molecule has 0 unspecified atom stereocenters. The van der Waals surface area contributed by atoms with E-state index < -0.39 is 0 Å². The zero-order valence-electron chi connectivity index (χ0n) is 8.60. The van der Waals surface area contributed by atoms with Gasteiger partial charge in [-0.05, 0) is 37.1 Å². The van der Waals surface area contributed by atoms with E-state index in [0.717, 1.165) is 18.5 Å². The summed E-state index contributed by atoms with van der Waals surface area (Å²) < 4.78 is 0. The highest BCUT2D eigenvalue weighted by molar-refractivity contribution is 5.95. The first-order valence-corrected chi connectivity index (χ1v) is 5.00. The highest BCUT2D eigenvalue weighted by Gasteiger charge is 2.32. The van der Waals surface area contributed by atoms with Crippen LogP contribution >= 0.6 is 0 Å². The summed E-state index contributed by atoms with van der Waals surface area (Å²) in [5.74, 6) is 0.408. The fourth-order valence-electron chi connectivity index (χ4n) is 1.49. The van der Waals surface area contributed by atoms with E-state index in [1.54, 1.807) is 36.2 Å². The molecule has 1 aromatic carbocycles. The number of nitriles is 1. The van der Waals surface area contributed by atoms with Crippen LogP contribution in [0.1, 0.15) is 18.4 Å². The number of nitrogens with zero attached hydrogens (tertiary/aromatic N) is 2. The van der Waals surface area contributed by atoms with Crippen LogP contribution in [0.2, 0.25) is 0 Å². The average molecular weight is 200 g/mol. The van der Waals surface area contributed by atoms with Crippen molar-refractivity contribution < 1.29 is 4.79 Å². The molecule has 2 rings (SSSR count). The molecule has 0 saturated heterocycles. The lowest BCUT2D eigenvalue weighted by Crippen LogP contribution is -2.27. The van der Waals surface area contributed by atoms with Gasteiger partial charge in [-0.25, -0.2) is 0 Å². The molecule has 0 heterocycles. The van der Waals surface area contributed by atoms with Crippen LogP contribution in [-0.4, -0.2) is 13.0 Å². The first kappa shape index (κ1) is 9.72. The van der Waals surface area contributed by atoms with Crippen LogP contribution in [-0.2, 0) is 4.79 Å². The molecule has 0 radical (unpaired) electrons. The van der Waals surface area contributed by atoms with E-state index in [-0.39, 0.29) is 11.8 Å². The molecule has 0 spiro atoms. The van der Waals surface area contributed by atoms with Gasteiger partial charge in [0.25, 0.3) is 0 Å². The summed E-state index contributed by atoms with van der Waals surface area (Å²) in [6, 6.07) is 9.12. The quantitative estimate of drug-likeness (QED) is 0.732. The Morgan fingerprint density at radius 1 is 1.40 bits per heavy atom. The molecular formula is C12H12N2O. The Morgan fingerprint density at radius 3 is 2.47 bits per heavy atom. The van der Waals surface area contributed by atoms with Crippen molar-refractivity contribution in [3.8, 4) is 6.07 Å². The van der Waals surface area contributed by atoms with Crippen molar-refractivity contribution in [1.29, 1.82) is 5.26 Å². The molecule has 0 atom stereocenters. The summed E-state index contributed by atoms with van der Waals surface area (Å²) >= 11 is 0. The van der Waals surface area contributed by atoms with Crippen LogP contribution in [0.15, 0.2) is 24.3 Å². The van der Waals surface area contributed by atoms with E-state index in [1.165, 1.54) is 0 Å². The number of benzene rings is 1. The summed E-state index contributed by atoms with van der Waals surface area (Å²) in [7, 11) is 1.78. The molecule has 1 aliphatic carbocycles. The second-order valence-electron chi connectivity index (χ2n) is 3.83. The van der Waals surface area contributed by atoms with Crippen molar-refractivity contribution in [2.45, 2.75) is 12.8 Å². The van der Waals surface area contributed by atoms with Gasteiger partial charge in [-0.1, -0.05) is 0 Å². The van der Waals surface area contributed by atoms with Gasteiger partial charge in [-0.15, -0.1) is 0 Å². The van der Waals surface area contributed by atoms with Crippen LogP contribution in [0, 0.1) is 17.2 Å². The predicted molar refractivity (Wildman–Crippen MR) is 57.3 cm³/mol. The summed E-state index contributed by atoms with van der Waals surface area (Å²) in [5.41, 5.74) is 1.47. The highest BCUT2D eigenvalue weighted by atomic mass is 16.2. The minimum Gasteiger partial charge on any atom is -0.315 e. The topological polar surface area (TPSA) is 44.1 Å². The smallest absolute Gasteiger partial charge is 0.229 e. The van der Waals surface area contributed by atoms with Crippen LogP contribution in [0.25, 0.3) is 0 Å². The van der Waals surface area contributed by atoms with Crippen molar-refractivity contribution in [1.82, 2.24) is 0 Å². The van der Waals surface area contributed by atoms with Crippen molar-refractivity contribution in [3.05, 3.63) is 29.8 Å². The Labute approximate surface area is 88.9 Å². The first-order valence-electron chi connectivity index (χ1n) is 5.00. The highest BCUT2D eigenvalue weighted by Crippen LogP contribution is 2.32. The second kappa shape index (κ2) is 3.74. The van der Waals surface area contributed by atoms with Crippen LogP contribution in [0.5, 0.6) is 0 Å². The third kappa shape index (κ3) is 1.99. The Hall–Kier alpha value is -1.82. The number of carbonyl (C=O) groups excluding carboxylic acids is 1. The summed E-state index contributed by atoms with van der Waals surface area (Å²) in [6.45, 7) is 0. The number of amides is 1. The molecule has 3 nitrogen and oxygen atoms in total. The Balaban J connectivity index is 2.14. The fraction of sp³-hybridized carbons (Fsp3) is 0.333. The van der Waals surface area contributed by atoms with Crippen molar-refractivity contribution in [2.24, 2.45) is 5.92 Å². The molecule has 0 aliphatic heterocycles. The number of rotatable bonds is 2. The molecule has 76 valence electrons. The van der Waals surface area contributed by atoms with Gasteiger partial charge in [0, 0.05) is 18.7 Å². The normalized spacial score (nSPS) is 14.4. The molecule has 1 aromatic rings. The zero-order valence-corrected chi connectivity index (χ0v) is 8.60. The van der Waals surface area contributed by atoms with Gasteiger partial charge < -0.3 is 4.90 Å². The largest absolute Gasteiger partial charge is 0.315 e. The number of hydrogen-bond acceptors (Lipinski definition) is 2. The maximum absolute atomic E-state index is 11.7. The zero-order chi connectivity index (χ0) is 10.8. The molecule has 1 saturated carbocycles. The summed E-state index contributed by atoms with van der Waals surface area (Å²) in [4.78, 5) is 13.4. The Morgan fingerprint density at radius 2 is 2.00 bits per heavy atom. The van der Waals surface area contributed by atoms with Gasteiger partial charge in [0.15, 0.2) is 0 Å². The van der Waals surface area contributed by atoms with E-state index >= 15 is 0 Å². The monoisotopic (exact) mass is 200 g/mol. The van der Waals surface area contributed by atoms with Crippen molar-refractivity contribution >= 4 is 11.6 Å². The van der Waals surface area contributed by atoms with Gasteiger partial charge in [0.05, 0.1) is 11.6 Å². The van der Waals surface area contributed by atoms with Crippen molar-refractivity contribution in [3.63, 3.8) is 0 Å². The number of carbonyl (C=O) groups is 1. The van der Waals surface area contributed by atoms with Crippen LogP contribution in [0.4, 0.5) is 5.69 Å². The standard InChI is InChI=1S/C12H12N2O/c1-14(12(15)10-4-5-10)11-6-2-9(8-13)3-7-11/h2-3,6-7,10H,4-5H2,1H3. The second-order valence-corrected chi connectivity index (χ2v) is 3.83. The predicted octanol–water partition coefficient (Wildman–Crippen LogP) is 1.93. The molecule has 0 bridgehead atoms. The lowest BCUT2D eigenvalue weighted by Gasteiger charge is -2.16. The molecule has 3 heteroatoms. The van der Waals surface area contributed by atoms with Crippen LogP contribution < -0.4 is 4.90 Å². The fourth-order valence-corrected chi connectivity index (χ4v) is 1.49. The third-order valence-electron chi connectivity index (χ3n) is 2.64. The van der Waals surface area contributed by atoms with Gasteiger partial charge in [0.2, 0.25) is 5.91 Å². The molecular weight excluding hydrogens is 188 g/mol. The molecule has 1 amide bonds. The van der Waals surface area contributed by atoms with Gasteiger partial charge in [-0.3, -0.25) is 4.79 Å². The van der Waals surface area contributed by atoms with Crippen LogP contribution in [0.3, 0.4) is 0 Å². The lowest BCUT2D eigenvalue weighted by atomic mass is 10.2. The summed E-state index contributed by atoms with van der Waals surface area (Å²) in [5, 5.41) is 8.64. The van der Waals surface area contributed by atoms with E-state index in [2.05, 4.69) is 6.07 Å². The minimum absolute atomic E-state index is 0.180. The average Bonchev–Trinajstić information content (AvgIpc) is 3.11. The van der Waals surface area contributed by atoms with Gasteiger partial charge >= 0.3 is 0 Å². The van der Waals surface area contributed by atoms with E-state index in [0.29, 0.717) is 5.56 Å². The van der Waals surface area contributed by atoms with E-state index in [9.17, 15) is 4.79 Å². The summed E-state index contributed by atoms with van der Waals surface area (Å²) in [6.07, 6.45) is 2.03. The number of hydrogen-bond donors (Lipinski definition) is 0. The molecule has 15 heavy (non-hydrogen) atoms. The SMILES string of the molecule is CN(C(=O)C1CC1)c1ccc(C#N)cc1. The molecule has 1 fully saturated rings. The van der Waals surface area contributed by atoms with E-state index in [4.69, 9.17) is 5.26 Å². The molecule has 1 aliphatic rings. The van der Waals surface area contributed by atoms with Crippen molar-refractivity contribution in [2.75, 3.05) is 11.9 Å². The Kier molecular flexibility index (Phi) is 2.42. The minimum atomic E-state index is 0.180. The number of anilines is 1. The first-order chi connectivity index (χ1) is 7.22. The maximum atomic E-state index is 11.7. The molecule has 0 aromatic heterocycles. The maximum Gasteiger partial charge on any atom is 0.229 e. The molecule has 0 N–H and O–H groups in total.